The predicted octanol–water partition coefficient (Wildman–Crippen LogP) is 2.14. The van der Waals surface area contributed by atoms with Gasteiger partial charge in [-0.1, -0.05) is 18.6 Å². The van der Waals surface area contributed by atoms with E-state index in [-0.39, 0.29) is 17.5 Å². The van der Waals surface area contributed by atoms with Crippen LogP contribution in [0.1, 0.15) is 48.0 Å². The standard InChI is InChI=1S/C23H36N6O4/c1-14(2)9-12-29-17-18(26(7)22(32)27(8)19(17)30)25-20(29)28-11-10-15(3)16(13-28)24-21(31)33-23(4,5)6/h9,15-16H,10-13H2,1-8H3,(H,24,31). The monoisotopic (exact) mass is 460 g/mol. The summed E-state index contributed by atoms with van der Waals surface area (Å²) in [4.78, 5) is 44.7. The topological polar surface area (TPSA) is 103 Å². The third kappa shape index (κ3) is 5.15. The highest BCUT2D eigenvalue weighted by Gasteiger charge is 2.32. The average Bonchev–Trinajstić information content (AvgIpc) is 3.09. The minimum atomic E-state index is -0.579. The maximum atomic E-state index is 13.0. The van der Waals surface area contributed by atoms with Crippen LogP contribution in [0, 0.1) is 5.92 Å². The molecular formula is C23H36N6O4. The Hall–Kier alpha value is -3.04. The van der Waals surface area contributed by atoms with E-state index in [9.17, 15) is 14.4 Å². The largest absolute Gasteiger partial charge is 0.444 e. The molecule has 10 nitrogen and oxygen atoms in total. The number of rotatable bonds is 4. The van der Waals surface area contributed by atoms with Crippen LogP contribution in [0.4, 0.5) is 10.7 Å². The smallest absolute Gasteiger partial charge is 0.407 e. The molecule has 1 saturated heterocycles. The molecule has 3 rings (SSSR count). The summed E-state index contributed by atoms with van der Waals surface area (Å²) < 4.78 is 9.82. The number of hydrogen-bond donors (Lipinski definition) is 1. The minimum absolute atomic E-state index is 0.142. The van der Waals surface area contributed by atoms with Crippen molar-refractivity contribution >= 4 is 23.2 Å². The maximum Gasteiger partial charge on any atom is 0.407 e. The number of nitrogens with zero attached hydrogens (tertiary/aromatic N) is 5. The molecule has 2 aromatic heterocycles. The van der Waals surface area contributed by atoms with Crippen molar-refractivity contribution in [3.8, 4) is 0 Å². The van der Waals surface area contributed by atoms with Gasteiger partial charge in [-0.05, 0) is 47.0 Å². The van der Waals surface area contributed by atoms with Gasteiger partial charge in [0.1, 0.15) is 5.60 Å². The number of imidazole rings is 1. The Morgan fingerprint density at radius 2 is 1.88 bits per heavy atom. The van der Waals surface area contributed by atoms with Crippen LogP contribution in [0.15, 0.2) is 21.2 Å². The number of anilines is 1. The van der Waals surface area contributed by atoms with E-state index < -0.39 is 17.4 Å². The van der Waals surface area contributed by atoms with Crippen LogP contribution in [0.5, 0.6) is 0 Å². The van der Waals surface area contributed by atoms with Gasteiger partial charge in [0.15, 0.2) is 11.2 Å². The van der Waals surface area contributed by atoms with Gasteiger partial charge in [-0.25, -0.2) is 9.59 Å². The predicted molar refractivity (Wildman–Crippen MR) is 129 cm³/mol. The van der Waals surface area contributed by atoms with Gasteiger partial charge in [-0.3, -0.25) is 13.9 Å². The number of alkyl carbamates (subject to hydrolysis) is 1. The molecule has 2 unspecified atom stereocenters. The van der Waals surface area contributed by atoms with E-state index in [2.05, 4.69) is 17.1 Å². The molecule has 1 amide bonds. The second-order valence-electron chi connectivity index (χ2n) is 10.1. The summed E-state index contributed by atoms with van der Waals surface area (Å²) in [6.45, 7) is 13.3. The fraction of sp³-hybridized carbons (Fsp3) is 0.652. The first-order valence-electron chi connectivity index (χ1n) is 11.3. The van der Waals surface area contributed by atoms with Crippen molar-refractivity contribution in [3.05, 3.63) is 32.5 Å². The summed E-state index contributed by atoms with van der Waals surface area (Å²) >= 11 is 0. The number of fused-ring (bicyclic) bond motifs is 1. The Balaban J connectivity index is 2.04. The molecule has 0 saturated carbocycles. The molecule has 1 N–H and O–H groups in total. The highest BCUT2D eigenvalue weighted by Crippen LogP contribution is 2.26. The van der Waals surface area contributed by atoms with Crippen LogP contribution in [0.2, 0.25) is 0 Å². The number of aromatic nitrogens is 4. The molecule has 3 heterocycles. The van der Waals surface area contributed by atoms with E-state index in [1.807, 2.05) is 45.3 Å². The lowest BCUT2D eigenvalue weighted by Crippen LogP contribution is -2.53. The first kappa shape index (κ1) is 24.6. The van der Waals surface area contributed by atoms with Crippen LogP contribution < -0.4 is 21.5 Å². The summed E-state index contributed by atoms with van der Waals surface area (Å²) in [7, 11) is 3.10. The number of hydrogen-bond acceptors (Lipinski definition) is 6. The Bertz CT molecular complexity index is 1190. The molecule has 0 radical (unpaired) electrons. The lowest BCUT2D eigenvalue weighted by molar-refractivity contribution is 0.0483. The van der Waals surface area contributed by atoms with Crippen molar-refractivity contribution in [1.82, 2.24) is 24.0 Å². The lowest BCUT2D eigenvalue weighted by atomic mass is 9.94. The first-order chi connectivity index (χ1) is 15.3. The van der Waals surface area contributed by atoms with Gasteiger partial charge in [-0.2, -0.15) is 4.98 Å². The normalized spacial score (nSPS) is 19.0. The van der Waals surface area contributed by atoms with Gasteiger partial charge in [0.05, 0.1) is 6.04 Å². The zero-order valence-electron chi connectivity index (χ0n) is 20.9. The molecule has 0 aromatic carbocycles. The van der Waals surface area contributed by atoms with Crippen LogP contribution in [0.3, 0.4) is 0 Å². The molecule has 0 spiro atoms. The highest BCUT2D eigenvalue weighted by atomic mass is 16.6. The quantitative estimate of drug-likeness (QED) is 0.701. The molecule has 2 aromatic rings. The van der Waals surface area contributed by atoms with Gasteiger partial charge >= 0.3 is 11.8 Å². The second-order valence-corrected chi connectivity index (χ2v) is 10.1. The summed E-state index contributed by atoms with van der Waals surface area (Å²) in [5.41, 5.74) is 0.495. The van der Waals surface area contributed by atoms with Crippen molar-refractivity contribution in [2.75, 3.05) is 18.0 Å². The molecular weight excluding hydrogens is 424 g/mol. The number of nitrogens with one attached hydrogen (secondary N) is 1. The fourth-order valence-electron chi connectivity index (χ4n) is 4.02. The number of carbonyl (C=O) groups is 1. The summed E-state index contributed by atoms with van der Waals surface area (Å²) in [6, 6.07) is -0.142. The van der Waals surface area contributed by atoms with E-state index >= 15 is 0 Å². The molecule has 1 fully saturated rings. The van der Waals surface area contributed by atoms with Crippen molar-refractivity contribution in [2.24, 2.45) is 20.0 Å². The number of piperidine rings is 1. The van der Waals surface area contributed by atoms with Gasteiger partial charge in [0.2, 0.25) is 5.95 Å². The molecule has 10 heteroatoms. The summed E-state index contributed by atoms with van der Waals surface area (Å²) in [5.74, 6) is 0.866. The SMILES string of the molecule is CC(C)=CCn1c(N2CCC(C)C(NC(=O)OC(C)(C)C)C2)nc2c1c(=O)n(C)c(=O)n2C. The highest BCUT2D eigenvalue weighted by molar-refractivity contribution is 5.75. The third-order valence-electron chi connectivity index (χ3n) is 5.95. The Morgan fingerprint density at radius 3 is 2.48 bits per heavy atom. The number of ether oxygens (including phenoxy) is 1. The molecule has 2 atom stereocenters. The zero-order chi connectivity index (χ0) is 24.7. The van der Waals surface area contributed by atoms with Crippen molar-refractivity contribution in [1.29, 1.82) is 0 Å². The molecule has 33 heavy (non-hydrogen) atoms. The van der Waals surface area contributed by atoms with Crippen molar-refractivity contribution in [3.63, 3.8) is 0 Å². The number of aryl methyl sites for hydroxylation is 1. The Labute approximate surface area is 193 Å². The molecule has 1 aliphatic rings. The second kappa shape index (κ2) is 9.07. The van der Waals surface area contributed by atoms with Gasteiger partial charge in [0, 0.05) is 33.7 Å². The van der Waals surface area contributed by atoms with Crippen LogP contribution in [-0.2, 0) is 25.4 Å². The van der Waals surface area contributed by atoms with Gasteiger partial charge < -0.3 is 19.5 Å². The van der Waals surface area contributed by atoms with E-state index in [1.165, 1.54) is 11.6 Å². The maximum absolute atomic E-state index is 13.0. The number of amides is 1. The van der Waals surface area contributed by atoms with Crippen LogP contribution >= 0.6 is 0 Å². The van der Waals surface area contributed by atoms with E-state index in [0.29, 0.717) is 30.2 Å². The van der Waals surface area contributed by atoms with Crippen molar-refractivity contribution in [2.45, 2.75) is 66.2 Å². The lowest BCUT2D eigenvalue weighted by Gasteiger charge is -2.38. The molecule has 0 aliphatic carbocycles. The van der Waals surface area contributed by atoms with E-state index in [0.717, 1.165) is 23.1 Å². The minimum Gasteiger partial charge on any atom is -0.444 e. The van der Waals surface area contributed by atoms with Crippen LogP contribution in [0.25, 0.3) is 11.2 Å². The van der Waals surface area contributed by atoms with Gasteiger partial charge in [0.25, 0.3) is 5.56 Å². The third-order valence-corrected chi connectivity index (χ3v) is 5.95. The van der Waals surface area contributed by atoms with Crippen molar-refractivity contribution < 1.29 is 9.53 Å². The Kier molecular flexibility index (Phi) is 6.76. The first-order valence-corrected chi connectivity index (χ1v) is 11.3. The molecule has 0 bridgehead atoms. The summed E-state index contributed by atoms with van der Waals surface area (Å²) in [6.07, 6.45) is 2.41. The fourth-order valence-corrected chi connectivity index (χ4v) is 4.02. The van der Waals surface area contributed by atoms with Crippen LogP contribution in [-0.4, -0.2) is 49.5 Å². The average molecular weight is 461 g/mol. The Morgan fingerprint density at radius 1 is 1.21 bits per heavy atom. The van der Waals surface area contributed by atoms with E-state index in [4.69, 9.17) is 9.72 Å². The number of allylic oxidation sites excluding steroid dienone is 2. The van der Waals surface area contributed by atoms with E-state index in [1.54, 1.807) is 7.05 Å². The molecule has 1 aliphatic heterocycles. The van der Waals surface area contributed by atoms with Gasteiger partial charge in [-0.15, -0.1) is 0 Å². The molecule has 182 valence electrons. The summed E-state index contributed by atoms with van der Waals surface area (Å²) in [5, 5.41) is 3.00. The number of carbonyl (C=O) groups excluding carboxylic acids is 1. The zero-order valence-corrected chi connectivity index (χ0v) is 20.9.